The fourth-order valence-corrected chi connectivity index (χ4v) is 2.19. The second-order valence-electron chi connectivity index (χ2n) is 4.60. The van der Waals surface area contributed by atoms with Gasteiger partial charge in [0, 0.05) is 31.9 Å². The van der Waals surface area contributed by atoms with Crippen LogP contribution in [0.1, 0.15) is 19.5 Å². The molecule has 2 atom stereocenters. The van der Waals surface area contributed by atoms with Crippen molar-refractivity contribution in [3.8, 4) is 0 Å². The lowest BCUT2D eigenvalue weighted by molar-refractivity contribution is -0.00546. The van der Waals surface area contributed by atoms with Crippen LogP contribution in [-0.2, 0) is 4.74 Å². The molecule has 0 aliphatic carbocycles. The number of aromatic nitrogens is 2. The Balaban J connectivity index is 2.23. The molecular formula is C12H20N4O. The molecule has 1 aromatic heterocycles. The van der Waals surface area contributed by atoms with Crippen molar-refractivity contribution >= 4 is 11.8 Å². The summed E-state index contributed by atoms with van der Waals surface area (Å²) in [6, 6.07) is 2.02. The highest BCUT2D eigenvalue weighted by molar-refractivity contribution is 5.45. The molecule has 0 saturated carbocycles. The number of nitrogens with one attached hydrogen (secondary N) is 1. The number of ether oxygens (including phenoxy) is 1. The Morgan fingerprint density at radius 1 is 1.29 bits per heavy atom. The second kappa shape index (κ2) is 4.87. The Morgan fingerprint density at radius 3 is 2.53 bits per heavy atom. The lowest BCUT2D eigenvalue weighted by Crippen LogP contribution is -2.45. The maximum Gasteiger partial charge on any atom is 0.224 e. The molecule has 5 nitrogen and oxygen atoms in total. The number of hydrogen-bond acceptors (Lipinski definition) is 5. The molecule has 1 aromatic rings. The maximum absolute atomic E-state index is 5.72. The van der Waals surface area contributed by atoms with Gasteiger partial charge in [0.05, 0.1) is 12.2 Å². The molecule has 2 heterocycles. The number of nitrogens with zero attached hydrogens (tertiary/aromatic N) is 3. The van der Waals surface area contributed by atoms with Gasteiger partial charge in [-0.2, -0.15) is 4.98 Å². The summed E-state index contributed by atoms with van der Waals surface area (Å²) >= 11 is 0. The van der Waals surface area contributed by atoms with Crippen molar-refractivity contribution in [3.63, 3.8) is 0 Å². The van der Waals surface area contributed by atoms with Crippen LogP contribution >= 0.6 is 0 Å². The molecule has 0 aromatic carbocycles. The fraction of sp³-hybridized carbons (Fsp3) is 0.667. The smallest absolute Gasteiger partial charge is 0.224 e. The van der Waals surface area contributed by atoms with E-state index < -0.39 is 0 Å². The molecule has 0 radical (unpaired) electrons. The van der Waals surface area contributed by atoms with Crippen LogP contribution in [0.25, 0.3) is 0 Å². The van der Waals surface area contributed by atoms with Crippen molar-refractivity contribution in [2.75, 3.05) is 30.4 Å². The van der Waals surface area contributed by atoms with Crippen molar-refractivity contribution < 1.29 is 4.74 Å². The van der Waals surface area contributed by atoms with Crippen LogP contribution in [0, 0.1) is 6.92 Å². The minimum atomic E-state index is 0.243. The molecule has 1 N–H and O–H groups in total. The summed E-state index contributed by atoms with van der Waals surface area (Å²) in [7, 11) is 1.84. The maximum atomic E-state index is 5.72. The summed E-state index contributed by atoms with van der Waals surface area (Å²) in [6.45, 7) is 7.93. The molecule has 1 aliphatic heterocycles. The van der Waals surface area contributed by atoms with Crippen LogP contribution in [0.3, 0.4) is 0 Å². The summed E-state index contributed by atoms with van der Waals surface area (Å²) in [4.78, 5) is 11.1. The quantitative estimate of drug-likeness (QED) is 0.842. The van der Waals surface area contributed by atoms with Crippen molar-refractivity contribution in [2.45, 2.75) is 33.0 Å². The van der Waals surface area contributed by atoms with E-state index in [0.717, 1.165) is 24.6 Å². The van der Waals surface area contributed by atoms with Crippen LogP contribution in [0.5, 0.6) is 0 Å². The van der Waals surface area contributed by atoms with Gasteiger partial charge in [-0.3, -0.25) is 0 Å². The third kappa shape index (κ3) is 2.85. The van der Waals surface area contributed by atoms with Gasteiger partial charge in [-0.15, -0.1) is 0 Å². The molecule has 17 heavy (non-hydrogen) atoms. The van der Waals surface area contributed by atoms with Gasteiger partial charge in [0.2, 0.25) is 5.95 Å². The van der Waals surface area contributed by atoms with Gasteiger partial charge in [-0.1, -0.05) is 0 Å². The van der Waals surface area contributed by atoms with E-state index in [9.17, 15) is 0 Å². The highest BCUT2D eigenvalue weighted by Crippen LogP contribution is 2.20. The largest absolute Gasteiger partial charge is 0.372 e. The fourth-order valence-electron chi connectivity index (χ4n) is 2.19. The standard InChI is InChI=1S/C12H20N4O/c1-8-5-11(15-12(13-4)14-8)16-6-9(2)17-10(3)7-16/h5,9-10H,6-7H2,1-4H3,(H,13,14,15). The Morgan fingerprint density at radius 2 is 1.94 bits per heavy atom. The van der Waals surface area contributed by atoms with Crippen LogP contribution in [0.15, 0.2) is 6.07 Å². The zero-order valence-corrected chi connectivity index (χ0v) is 10.9. The van der Waals surface area contributed by atoms with E-state index in [4.69, 9.17) is 4.74 Å². The third-order valence-electron chi connectivity index (χ3n) is 2.81. The molecule has 1 aliphatic rings. The highest BCUT2D eigenvalue weighted by Gasteiger charge is 2.23. The van der Waals surface area contributed by atoms with Crippen molar-refractivity contribution in [1.29, 1.82) is 0 Å². The predicted octanol–water partition coefficient (Wildman–Crippen LogP) is 1.44. The van der Waals surface area contributed by atoms with E-state index in [2.05, 4.69) is 34.0 Å². The number of morpholine rings is 1. The van der Waals surface area contributed by atoms with Gasteiger partial charge in [-0.05, 0) is 20.8 Å². The molecule has 2 rings (SSSR count). The third-order valence-corrected chi connectivity index (χ3v) is 2.81. The summed E-state index contributed by atoms with van der Waals surface area (Å²) in [5.74, 6) is 1.65. The Bertz CT molecular complexity index is 386. The van der Waals surface area contributed by atoms with Gasteiger partial charge < -0.3 is 15.0 Å². The van der Waals surface area contributed by atoms with Gasteiger partial charge in [0.1, 0.15) is 5.82 Å². The zero-order chi connectivity index (χ0) is 12.4. The topological polar surface area (TPSA) is 50.3 Å². The Hall–Kier alpha value is -1.36. The average molecular weight is 236 g/mol. The first-order valence-electron chi connectivity index (χ1n) is 6.02. The van der Waals surface area contributed by atoms with E-state index in [1.807, 2.05) is 20.0 Å². The summed E-state index contributed by atoms with van der Waals surface area (Å²) in [6.07, 6.45) is 0.485. The van der Waals surface area contributed by atoms with Gasteiger partial charge in [-0.25, -0.2) is 4.98 Å². The zero-order valence-electron chi connectivity index (χ0n) is 10.9. The number of hydrogen-bond donors (Lipinski definition) is 1. The van der Waals surface area contributed by atoms with Gasteiger partial charge in [0.25, 0.3) is 0 Å². The molecule has 0 amide bonds. The lowest BCUT2D eigenvalue weighted by Gasteiger charge is -2.36. The minimum absolute atomic E-state index is 0.243. The van der Waals surface area contributed by atoms with Crippen molar-refractivity contribution in [1.82, 2.24) is 9.97 Å². The number of anilines is 2. The van der Waals surface area contributed by atoms with E-state index >= 15 is 0 Å². The molecule has 1 fully saturated rings. The summed E-state index contributed by atoms with van der Waals surface area (Å²) in [5, 5.41) is 2.99. The summed E-state index contributed by atoms with van der Waals surface area (Å²) in [5.41, 5.74) is 0.978. The van der Waals surface area contributed by atoms with E-state index in [1.54, 1.807) is 0 Å². The average Bonchev–Trinajstić information content (AvgIpc) is 2.26. The second-order valence-corrected chi connectivity index (χ2v) is 4.60. The normalized spacial score (nSPS) is 24.8. The van der Waals surface area contributed by atoms with Crippen molar-refractivity contribution in [2.24, 2.45) is 0 Å². The van der Waals surface area contributed by atoms with E-state index in [1.165, 1.54) is 0 Å². The molecule has 1 saturated heterocycles. The SMILES string of the molecule is CNc1nc(C)cc(N2CC(C)OC(C)C2)n1. The predicted molar refractivity (Wildman–Crippen MR) is 68.5 cm³/mol. The van der Waals surface area contributed by atoms with Crippen LogP contribution in [-0.4, -0.2) is 42.3 Å². The highest BCUT2D eigenvalue weighted by atomic mass is 16.5. The van der Waals surface area contributed by atoms with Gasteiger partial charge in [0.15, 0.2) is 0 Å². The van der Waals surface area contributed by atoms with Crippen molar-refractivity contribution in [3.05, 3.63) is 11.8 Å². The molecule has 0 spiro atoms. The minimum Gasteiger partial charge on any atom is -0.372 e. The molecular weight excluding hydrogens is 216 g/mol. The van der Waals surface area contributed by atoms with E-state index in [0.29, 0.717) is 5.95 Å². The van der Waals surface area contributed by atoms with Crippen LogP contribution < -0.4 is 10.2 Å². The lowest BCUT2D eigenvalue weighted by atomic mass is 10.2. The van der Waals surface area contributed by atoms with E-state index in [-0.39, 0.29) is 12.2 Å². The molecule has 0 bridgehead atoms. The summed E-state index contributed by atoms with van der Waals surface area (Å²) < 4.78 is 5.72. The van der Waals surface area contributed by atoms with Crippen LogP contribution in [0.4, 0.5) is 11.8 Å². The monoisotopic (exact) mass is 236 g/mol. The number of rotatable bonds is 2. The number of aryl methyl sites for hydroxylation is 1. The molecule has 94 valence electrons. The van der Waals surface area contributed by atoms with Crippen LogP contribution in [0.2, 0.25) is 0 Å². The van der Waals surface area contributed by atoms with Gasteiger partial charge >= 0.3 is 0 Å². The molecule has 5 heteroatoms. The first-order chi connectivity index (χ1) is 8.08. The Labute approximate surface area is 102 Å². The Kier molecular flexibility index (Phi) is 3.47. The first-order valence-corrected chi connectivity index (χ1v) is 6.02. The molecule has 2 unspecified atom stereocenters. The first kappa shape index (κ1) is 12.1.